The van der Waals surface area contributed by atoms with Gasteiger partial charge in [0.25, 0.3) is 0 Å². The fraction of sp³-hybridized carbons (Fsp3) is 0.0943. The van der Waals surface area contributed by atoms with Crippen molar-refractivity contribution in [1.29, 1.82) is 0 Å². The van der Waals surface area contributed by atoms with Crippen LogP contribution in [0.3, 0.4) is 0 Å². The monoisotopic (exact) mass is 772 g/mol. The standard InChI is InChI=1S/C53H44N2O4/c1-56-49-31-25-37(33-51(49)58-3)53(38-26-32-50(57-2)52(34-38)59-4)47-35-43(54(39-17-9-5-10-18-39)40-19-11-6-12-20-40)27-29-45(47)46-30-28-44(36-48(46)53)55(41-21-13-7-14-22-41)42-23-15-8-16-24-42/h5-36H,1-4H3. The number of hydrogen-bond donors (Lipinski definition) is 0. The predicted octanol–water partition coefficient (Wildman–Crippen LogP) is 13.0. The Morgan fingerprint density at radius 2 is 0.627 bits per heavy atom. The van der Waals surface area contributed by atoms with E-state index in [4.69, 9.17) is 18.9 Å². The molecule has 8 aromatic rings. The maximum Gasteiger partial charge on any atom is 0.161 e. The number of hydrogen-bond acceptors (Lipinski definition) is 6. The van der Waals surface area contributed by atoms with Crippen molar-refractivity contribution in [2.24, 2.45) is 0 Å². The zero-order valence-electron chi connectivity index (χ0n) is 33.5. The highest BCUT2D eigenvalue weighted by Crippen LogP contribution is 2.60. The SMILES string of the molecule is COc1ccc(C2(c3ccc(OC)c(OC)c3)c3cc(N(c4ccccc4)c4ccccc4)ccc3-c3ccc(N(c4ccccc4)c4ccccc4)cc32)cc1OC. The smallest absolute Gasteiger partial charge is 0.161 e. The quantitative estimate of drug-likeness (QED) is 0.123. The molecule has 0 heterocycles. The first kappa shape index (κ1) is 37.2. The van der Waals surface area contributed by atoms with Crippen molar-refractivity contribution < 1.29 is 18.9 Å². The maximum atomic E-state index is 6.04. The van der Waals surface area contributed by atoms with Gasteiger partial charge in [0.1, 0.15) is 0 Å². The van der Waals surface area contributed by atoms with Gasteiger partial charge in [-0.15, -0.1) is 0 Å². The summed E-state index contributed by atoms with van der Waals surface area (Å²) in [5.74, 6) is 2.58. The van der Waals surface area contributed by atoms with E-state index < -0.39 is 5.41 Å². The topological polar surface area (TPSA) is 43.4 Å². The number of para-hydroxylation sites is 4. The number of ether oxygens (including phenoxy) is 4. The molecule has 6 heteroatoms. The molecule has 0 spiro atoms. The second-order valence-corrected chi connectivity index (χ2v) is 14.4. The van der Waals surface area contributed by atoms with E-state index in [9.17, 15) is 0 Å². The molecule has 0 atom stereocenters. The molecule has 0 N–H and O–H groups in total. The highest BCUT2D eigenvalue weighted by molar-refractivity contribution is 5.92. The molecule has 0 fully saturated rings. The van der Waals surface area contributed by atoms with E-state index in [0.29, 0.717) is 23.0 Å². The van der Waals surface area contributed by atoms with Gasteiger partial charge < -0.3 is 28.7 Å². The van der Waals surface area contributed by atoms with Crippen LogP contribution in [-0.4, -0.2) is 28.4 Å². The minimum absolute atomic E-state index is 0.637. The molecular weight excluding hydrogens is 729 g/mol. The van der Waals surface area contributed by atoms with E-state index in [1.54, 1.807) is 28.4 Å². The van der Waals surface area contributed by atoms with Gasteiger partial charge in [-0.25, -0.2) is 0 Å². The van der Waals surface area contributed by atoms with E-state index >= 15 is 0 Å². The van der Waals surface area contributed by atoms with Crippen LogP contribution in [0, 0.1) is 0 Å². The Morgan fingerprint density at radius 1 is 0.305 bits per heavy atom. The summed E-state index contributed by atoms with van der Waals surface area (Å²) in [6.45, 7) is 0. The van der Waals surface area contributed by atoms with Crippen LogP contribution in [0.4, 0.5) is 34.1 Å². The minimum atomic E-state index is -0.881. The third-order valence-corrected chi connectivity index (χ3v) is 11.3. The van der Waals surface area contributed by atoms with Crippen LogP contribution in [-0.2, 0) is 5.41 Å². The first-order valence-corrected chi connectivity index (χ1v) is 19.6. The van der Waals surface area contributed by atoms with Crippen molar-refractivity contribution >= 4 is 34.1 Å². The van der Waals surface area contributed by atoms with Crippen molar-refractivity contribution in [3.05, 3.63) is 216 Å². The fourth-order valence-corrected chi connectivity index (χ4v) is 8.71. The van der Waals surface area contributed by atoms with Crippen LogP contribution in [0.1, 0.15) is 22.3 Å². The highest BCUT2D eigenvalue weighted by atomic mass is 16.5. The third kappa shape index (κ3) is 6.39. The van der Waals surface area contributed by atoms with Crippen LogP contribution >= 0.6 is 0 Å². The Hall–Kier alpha value is -7.44. The first-order valence-electron chi connectivity index (χ1n) is 19.6. The summed E-state index contributed by atoms with van der Waals surface area (Å²) in [5.41, 5.74) is 11.9. The van der Waals surface area contributed by atoms with Crippen molar-refractivity contribution in [2.75, 3.05) is 38.2 Å². The summed E-state index contributed by atoms with van der Waals surface area (Å²) in [4.78, 5) is 4.63. The summed E-state index contributed by atoms with van der Waals surface area (Å²) in [6, 6.07) is 68.4. The molecule has 0 radical (unpaired) electrons. The molecule has 0 aromatic heterocycles. The van der Waals surface area contributed by atoms with Crippen LogP contribution in [0.15, 0.2) is 194 Å². The Labute approximate surface area is 346 Å². The number of nitrogens with zero attached hydrogens (tertiary/aromatic N) is 2. The Morgan fingerprint density at radius 3 is 0.932 bits per heavy atom. The number of anilines is 6. The van der Waals surface area contributed by atoms with Gasteiger partial charge in [-0.2, -0.15) is 0 Å². The van der Waals surface area contributed by atoms with Gasteiger partial charge in [-0.05, 0) is 130 Å². The van der Waals surface area contributed by atoms with Crippen LogP contribution in [0.5, 0.6) is 23.0 Å². The lowest BCUT2D eigenvalue weighted by Crippen LogP contribution is -2.29. The summed E-state index contributed by atoms with van der Waals surface area (Å²) < 4.78 is 23.7. The molecule has 0 bridgehead atoms. The number of fused-ring (bicyclic) bond motifs is 3. The second-order valence-electron chi connectivity index (χ2n) is 14.4. The van der Waals surface area contributed by atoms with Crippen molar-refractivity contribution in [2.45, 2.75) is 5.41 Å². The third-order valence-electron chi connectivity index (χ3n) is 11.3. The summed E-state index contributed by atoms with van der Waals surface area (Å²) in [5, 5.41) is 0. The largest absolute Gasteiger partial charge is 0.493 e. The van der Waals surface area contributed by atoms with Gasteiger partial charge in [0.15, 0.2) is 23.0 Å². The molecule has 0 amide bonds. The fourth-order valence-electron chi connectivity index (χ4n) is 8.71. The Balaban J connectivity index is 1.39. The highest BCUT2D eigenvalue weighted by Gasteiger charge is 2.48. The van der Waals surface area contributed by atoms with Gasteiger partial charge in [0.05, 0.1) is 33.9 Å². The zero-order chi connectivity index (χ0) is 40.3. The zero-order valence-corrected chi connectivity index (χ0v) is 33.5. The molecule has 9 rings (SSSR count). The average molecular weight is 773 g/mol. The molecule has 59 heavy (non-hydrogen) atoms. The van der Waals surface area contributed by atoms with Gasteiger partial charge in [-0.3, -0.25) is 0 Å². The summed E-state index contributed by atoms with van der Waals surface area (Å²) in [7, 11) is 6.72. The van der Waals surface area contributed by atoms with Crippen molar-refractivity contribution in [3.63, 3.8) is 0 Å². The van der Waals surface area contributed by atoms with Gasteiger partial charge >= 0.3 is 0 Å². The van der Waals surface area contributed by atoms with E-state index in [-0.39, 0.29) is 0 Å². The Kier molecular flexibility index (Phi) is 9.97. The molecule has 0 saturated heterocycles. The molecule has 1 aliphatic rings. The molecule has 0 unspecified atom stereocenters. The molecule has 290 valence electrons. The van der Waals surface area contributed by atoms with Gasteiger partial charge in [0.2, 0.25) is 0 Å². The second kappa shape index (κ2) is 15.8. The van der Waals surface area contributed by atoms with Crippen LogP contribution < -0.4 is 28.7 Å². The number of benzene rings is 8. The van der Waals surface area contributed by atoms with E-state index in [2.05, 4.69) is 192 Å². The van der Waals surface area contributed by atoms with Gasteiger partial charge in [-0.1, -0.05) is 97.1 Å². The predicted molar refractivity (Wildman–Crippen MR) is 239 cm³/mol. The van der Waals surface area contributed by atoms with E-state index in [1.807, 2.05) is 12.1 Å². The Bertz CT molecular complexity index is 2450. The molecule has 0 saturated carbocycles. The van der Waals surface area contributed by atoms with Crippen molar-refractivity contribution in [3.8, 4) is 34.1 Å². The molecule has 6 nitrogen and oxygen atoms in total. The molecule has 1 aliphatic carbocycles. The van der Waals surface area contributed by atoms with Crippen LogP contribution in [0.2, 0.25) is 0 Å². The van der Waals surface area contributed by atoms with Crippen molar-refractivity contribution in [1.82, 2.24) is 0 Å². The minimum Gasteiger partial charge on any atom is -0.493 e. The van der Waals surface area contributed by atoms with E-state index in [1.165, 1.54) is 0 Å². The first-order chi connectivity index (χ1) is 29.1. The van der Waals surface area contributed by atoms with Crippen LogP contribution in [0.25, 0.3) is 11.1 Å². The average Bonchev–Trinajstić information content (AvgIpc) is 3.59. The molecular formula is C53H44N2O4. The van der Waals surface area contributed by atoms with Gasteiger partial charge in [0, 0.05) is 34.1 Å². The lowest BCUT2D eigenvalue weighted by molar-refractivity contribution is 0.353. The maximum absolute atomic E-state index is 6.04. The lowest BCUT2D eigenvalue weighted by Gasteiger charge is -2.36. The summed E-state index contributed by atoms with van der Waals surface area (Å²) in [6.07, 6.45) is 0. The number of rotatable bonds is 12. The normalized spacial score (nSPS) is 12.2. The lowest BCUT2D eigenvalue weighted by atomic mass is 9.67. The number of methoxy groups -OCH3 is 4. The summed E-state index contributed by atoms with van der Waals surface area (Å²) >= 11 is 0. The molecule has 0 aliphatic heterocycles. The molecule has 8 aromatic carbocycles. The van der Waals surface area contributed by atoms with E-state index in [0.717, 1.165) is 67.5 Å².